The molecule has 1 fully saturated rings. The number of nitrogens with zero attached hydrogens (tertiary/aromatic N) is 2. The molecular weight excluding hydrogens is 258 g/mol. The van der Waals surface area contributed by atoms with Crippen molar-refractivity contribution in [3.05, 3.63) is 18.2 Å². The maximum atomic E-state index is 5.81. The van der Waals surface area contributed by atoms with Gasteiger partial charge in [0.2, 0.25) is 0 Å². The zero-order chi connectivity index (χ0) is 13.2. The predicted molar refractivity (Wildman–Crippen MR) is 80.8 cm³/mol. The van der Waals surface area contributed by atoms with Crippen LogP contribution in [0.5, 0.6) is 0 Å². The number of benzene rings is 1. The Morgan fingerprint density at radius 3 is 3.21 bits per heavy atom. The number of hydrogen-bond donors (Lipinski definition) is 1. The summed E-state index contributed by atoms with van der Waals surface area (Å²) >= 11 is 1.70. The minimum atomic E-state index is 0.621. The average Bonchev–Trinajstić information content (AvgIpc) is 2.83. The number of thiazole rings is 1. The van der Waals surface area contributed by atoms with E-state index in [0.29, 0.717) is 5.92 Å². The highest BCUT2D eigenvalue weighted by Gasteiger charge is 2.17. The van der Waals surface area contributed by atoms with Crippen molar-refractivity contribution < 1.29 is 4.74 Å². The first-order valence-corrected chi connectivity index (χ1v) is 7.49. The number of ether oxygens (including phenoxy) is 1. The van der Waals surface area contributed by atoms with Crippen molar-refractivity contribution in [2.24, 2.45) is 5.92 Å². The van der Waals surface area contributed by atoms with E-state index in [0.717, 1.165) is 40.8 Å². The zero-order valence-corrected chi connectivity index (χ0v) is 11.9. The summed E-state index contributed by atoms with van der Waals surface area (Å²) in [4.78, 5) is 6.90. The summed E-state index contributed by atoms with van der Waals surface area (Å²) in [6.45, 7) is 2.80. The largest absolute Gasteiger partial charge is 0.399 e. The van der Waals surface area contributed by atoms with Crippen molar-refractivity contribution in [3.63, 3.8) is 0 Å². The third-order valence-corrected chi connectivity index (χ3v) is 4.65. The predicted octanol–water partition coefficient (Wildman–Crippen LogP) is 2.74. The number of nitrogen functional groups attached to an aromatic ring is 1. The van der Waals surface area contributed by atoms with Crippen LogP contribution in [0.1, 0.15) is 12.8 Å². The fourth-order valence-electron chi connectivity index (χ4n) is 2.51. The number of nitrogens with two attached hydrogens (primary N) is 1. The first-order valence-electron chi connectivity index (χ1n) is 6.67. The number of aromatic nitrogens is 1. The molecule has 1 aromatic carbocycles. The molecule has 5 heteroatoms. The lowest BCUT2D eigenvalue weighted by Gasteiger charge is -2.26. The molecule has 0 spiro atoms. The van der Waals surface area contributed by atoms with Crippen LogP contribution in [0.25, 0.3) is 10.2 Å². The molecule has 1 aliphatic heterocycles. The minimum Gasteiger partial charge on any atom is -0.399 e. The van der Waals surface area contributed by atoms with Crippen LogP contribution in [0.4, 0.5) is 10.8 Å². The van der Waals surface area contributed by atoms with E-state index in [-0.39, 0.29) is 0 Å². The second-order valence-electron chi connectivity index (χ2n) is 5.19. The van der Waals surface area contributed by atoms with Crippen LogP contribution >= 0.6 is 11.3 Å². The molecule has 19 heavy (non-hydrogen) atoms. The Morgan fingerprint density at radius 2 is 2.42 bits per heavy atom. The summed E-state index contributed by atoms with van der Waals surface area (Å²) < 4.78 is 6.69. The van der Waals surface area contributed by atoms with Gasteiger partial charge in [-0.2, -0.15) is 0 Å². The first kappa shape index (κ1) is 12.7. The van der Waals surface area contributed by atoms with Crippen LogP contribution in [0, 0.1) is 5.92 Å². The summed E-state index contributed by atoms with van der Waals surface area (Å²) in [5, 5.41) is 1.06. The number of anilines is 2. The topological polar surface area (TPSA) is 51.4 Å². The highest BCUT2D eigenvalue weighted by Crippen LogP contribution is 2.30. The van der Waals surface area contributed by atoms with Gasteiger partial charge in [0.25, 0.3) is 0 Å². The standard InChI is InChI=1S/C14H19N3OS/c1-17(8-10-3-2-6-18-9-10)14-16-12-5-4-11(15)7-13(12)19-14/h4-5,7,10H,2-3,6,8-9,15H2,1H3. The van der Waals surface area contributed by atoms with Gasteiger partial charge in [-0.15, -0.1) is 0 Å². The SMILES string of the molecule is CN(CC1CCCOC1)c1nc2ccc(N)cc2s1. The van der Waals surface area contributed by atoms with Gasteiger partial charge in [-0.25, -0.2) is 4.98 Å². The highest BCUT2D eigenvalue weighted by molar-refractivity contribution is 7.22. The van der Waals surface area contributed by atoms with Crippen molar-refractivity contribution in [2.45, 2.75) is 12.8 Å². The van der Waals surface area contributed by atoms with E-state index in [9.17, 15) is 0 Å². The Morgan fingerprint density at radius 1 is 1.53 bits per heavy atom. The van der Waals surface area contributed by atoms with E-state index in [4.69, 9.17) is 10.5 Å². The Labute approximate surface area is 117 Å². The Balaban J connectivity index is 1.75. The van der Waals surface area contributed by atoms with E-state index in [2.05, 4.69) is 16.9 Å². The fourth-order valence-corrected chi connectivity index (χ4v) is 3.49. The Hall–Kier alpha value is -1.33. The van der Waals surface area contributed by atoms with Gasteiger partial charge in [-0.1, -0.05) is 11.3 Å². The summed E-state index contributed by atoms with van der Waals surface area (Å²) in [5.41, 5.74) is 7.63. The lowest BCUT2D eigenvalue weighted by molar-refractivity contribution is 0.0576. The molecule has 1 saturated heterocycles. The molecule has 1 aromatic heterocycles. The molecule has 102 valence electrons. The smallest absolute Gasteiger partial charge is 0.186 e. The fraction of sp³-hybridized carbons (Fsp3) is 0.500. The van der Waals surface area contributed by atoms with E-state index in [1.807, 2.05) is 18.2 Å². The van der Waals surface area contributed by atoms with Crippen LogP contribution in [0.2, 0.25) is 0 Å². The maximum absolute atomic E-state index is 5.81. The van der Waals surface area contributed by atoms with Crippen molar-refractivity contribution in [2.75, 3.05) is 37.4 Å². The second kappa shape index (κ2) is 5.35. The van der Waals surface area contributed by atoms with Crippen LogP contribution in [0.3, 0.4) is 0 Å². The van der Waals surface area contributed by atoms with Gasteiger partial charge >= 0.3 is 0 Å². The van der Waals surface area contributed by atoms with Crippen molar-refractivity contribution in [3.8, 4) is 0 Å². The summed E-state index contributed by atoms with van der Waals surface area (Å²) in [6.07, 6.45) is 2.43. The Kier molecular flexibility index (Phi) is 3.57. The van der Waals surface area contributed by atoms with Crippen molar-refractivity contribution >= 4 is 32.4 Å². The summed E-state index contributed by atoms with van der Waals surface area (Å²) in [7, 11) is 2.11. The summed E-state index contributed by atoms with van der Waals surface area (Å²) in [6, 6.07) is 5.89. The van der Waals surface area contributed by atoms with Crippen LogP contribution < -0.4 is 10.6 Å². The molecule has 0 bridgehead atoms. The van der Waals surface area contributed by atoms with E-state index < -0.39 is 0 Å². The molecule has 1 unspecified atom stereocenters. The minimum absolute atomic E-state index is 0.621. The molecule has 0 aliphatic carbocycles. The number of rotatable bonds is 3. The average molecular weight is 277 g/mol. The van der Waals surface area contributed by atoms with Gasteiger partial charge in [0.05, 0.1) is 16.8 Å². The van der Waals surface area contributed by atoms with Gasteiger partial charge < -0.3 is 15.4 Å². The lowest BCUT2D eigenvalue weighted by Crippen LogP contribution is -2.30. The Bertz CT molecular complexity index is 563. The van der Waals surface area contributed by atoms with Gasteiger partial charge in [0.1, 0.15) is 0 Å². The number of fused-ring (bicyclic) bond motifs is 1. The van der Waals surface area contributed by atoms with E-state index >= 15 is 0 Å². The molecular formula is C14H19N3OS. The molecule has 1 aliphatic rings. The summed E-state index contributed by atoms with van der Waals surface area (Å²) in [5.74, 6) is 0.621. The third-order valence-electron chi connectivity index (χ3n) is 3.51. The van der Waals surface area contributed by atoms with Gasteiger partial charge in [0, 0.05) is 25.9 Å². The van der Waals surface area contributed by atoms with E-state index in [1.165, 1.54) is 12.8 Å². The third kappa shape index (κ3) is 2.82. The van der Waals surface area contributed by atoms with Gasteiger partial charge in [-0.05, 0) is 37.0 Å². The first-order chi connectivity index (χ1) is 9.22. The molecule has 2 aromatic rings. The molecule has 2 N–H and O–H groups in total. The number of hydrogen-bond acceptors (Lipinski definition) is 5. The zero-order valence-electron chi connectivity index (χ0n) is 11.1. The molecule has 3 rings (SSSR count). The van der Waals surface area contributed by atoms with Crippen LogP contribution in [-0.2, 0) is 4.74 Å². The van der Waals surface area contributed by atoms with Crippen LogP contribution in [-0.4, -0.2) is 31.8 Å². The molecule has 0 radical (unpaired) electrons. The second-order valence-corrected chi connectivity index (χ2v) is 6.20. The van der Waals surface area contributed by atoms with Crippen molar-refractivity contribution in [1.82, 2.24) is 4.98 Å². The van der Waals surface area contributed by atoms with Crippen molar-refractivity contribution in [1.29, 1.82) is 0 Å². The van der Waals surface area contributed by atoms with E-state index in [1.54, 1.807) is 11.3 Å². The highest BCUT2D eigenvalue weighted by atomic mass is 32.1. The van der Waals surface area contributed by atoms with Crippen LogP contribution in [0.15, 0.2) is 18.2 Å². The molecule has 0 saturated carbocycles. The normalized spacial score (nSPS) is 19.7. The molecule has 4 nitrogen and oxygen atoms in total. The monoisotopic (exact) mass is 277 g/mol. The maximum Gasteiger partial charge on any atom is 0.186 e. The van der Waals surface area contributed by atoms with Gasteiger partial charge in [0.15, 0.2) is 5.13 Å². The molecule has 0 amide bonds. The quantitative estimate of drug-likeness (QED) is 0.876. The molecule has 2 heterocycles. The lowest BCUT2D eigenvalue weighted by atomic mass is 10.0. The molecule has 1 atom stereocenters. The van der Waals surface area contributed by atoms with Gasteiger partial charge in [-0.3, -0.25) is 0 Å².